The van der Waals surface area contributed by atoms with Crippen molar-refractivity contribution in [3.8, 4) is 11.1 Å². The van der Waals surface area contributed by atoms with Crippen LogP contribution < -0.4 is 0 Å². The Morgan fingerprint density at radius 1 is 0.867 bits per heavy atom. The van der Waals surface area contributed by atoms with Crippen molar-refractivity contribution >= 4 is 0 Å². The lowest BCUT2D eigenvalue weighted by Gasteiger charge is -2.11. The van der Waals surface area contributed by atoms with E-state index in [9.17, 15) is 0 Å². The summed E-state index contributed by atoms with van der Waals surface area (Å²) >= 11 is 0. The van der Waals surface area contributed by atoms with Crippen molar-refractivity contribution in [3.05, 3.63) is 66.1 Å². The van der Waals surface area contributed by atoms with E-state index >= 15 is 0 Å². The van der Waals surface area contributed by atoms with Crippen LogP contribution in [0.5, 0.6) is 0 Å². The molecule has 0 heteroatoms. The molecule has 2 aromatic carbocycles. The van der Waals surface area contributed by atoms with Crippen LogP contribution in [0.15, 0.2) is 42.5 Å². The lowest BCUT2D eigenvalue weighted by Crippen LogP contribution is -1.90. The Labute approximate surface area is 91.6 Å². The van der Waals surface area contributed by atoms with Gasteiger partial charge in [0.05, 0.1) is 0 Å². The minimum absolute atomic E-state index is 1.15. The van der Waals surface area contributed by atoms with E-state index in [0.717, 1.165) is 5.56 Å². The molecular weight excluding hydrogens is 180 g/mol. The molecule has 0 aliphatic heterocycles. The molecule has 2 aromatic rings. The second kappa shape index (κ2) is 3.90. The van der Waals surface area contributed by atoms with E-state index in [0.29, 0.717) is 0 Å². The van der Waals surface area contributed by atoms with Crippen LogP contribution in [0.1, 0.15) is 16.7 Å². The van der Waals surface area contributed by atoms with Crippen molar-refractivity contribution in [2.75, 3.05) is 0 Å². The van der Waals surface area contributed by atoms with Gasteiger partial charge >= 0.3 is 0 Å². The van der Waals surface area contributed by atoms with Crippen LogP contribution in [0.3, 0.4) is 0 Å². The Hall–Kier alpha value is -1.56. The molecule has 0 atom stereocenters. The fraction of sp³-hybridized carbons (Fsp3) is 0.133. The Kier molecular flexibility index (Phi) is 2.59. The highest BCUT2D eigenvalue weighted by atomic mass is 14.1. The molecule has 0 fully saturated rings. The van der Waals surface area contributed by atoms with Gasteiger partial charge in [-0.15, -0.1) is 0 Å². The van der Waals surface area contributed by atoms with Gasteiger partial charge in [-0.05, 0) is 48.6 Å². The van der Waals surface area contributed by atoms with Crippen molar-refractivity contribution in [2.24, 2.45) is 0 Å². The standard InChI is InChI=1S/C15H15/c1-11-9-10-15(13(3)12(11)2)14-7-5-4-6-8-14/h4-10H,2H2,1,3H3. The average molecular weight is 195 g/mol. The van der Waals surface area contributed by atoms with Crippen LogP contribution in [0.2, 0.25) is 0 Å². The highest BCUT2D eigenvalue weighted by molar-refractivity contribution is 5.69. The van der Waals surface area contributed by atoms with Gasteiger partial charge in [0, 0.05) is 0 Å². The maximum absolute atomic E-state index is 4.11. The van der Waals surface area contributed by atoms with E-state index in [4.69, 9.17) is 0 Å². The topological polar surface area (TPSA) is 0 Å². The van der Waals surface area contributed by atoms with Crippen molar-refractivity contribution in [1.29, 1.82) is 0 Å². The average Bonchev–Trinajstić information content (AvgIpc) is 2.27. The molecular formula is C15H15. The lowest BCUT2D eigenvalue weighted by molar-refractivity contribution is 1.33. The molecule has 1 radical (unpaired) electrons. The van der Waals surface area contributed by atoms with Gasteiger partial charge in [-0.3, -0.25) is 0 Å². The molecule has 0 N–H and O–H groups in total. The fourth-order valence-corrected chi connectivity index (χ4v) is 1.82. The van der Waals surface area contributed by atoms with Crippen LogP contribution in [0.25, 0.3) is 11.1 Å². The van der Waals surface area contributed by atoms with Crippen molar-refractivity contribution in [2.45, 2.75) is 13.8 Å². The summed E-state index contributed by atoms with van der Waals surface area (Å²) in [4.78, 5) is 0. The first-order valence-corrected chi connectivity index (χ1v) is 5.17. The molecule has 0 nitrogen and oxygen atoms in total. The zero-order valence-corrected chi connectivity index (χ0v) is 9.25. The van der Waals surface area contributed by atoms with Crippen LogP contribution in [0, 0.1) is 20.8 Å². The first kappa shape index (κ1) is 9.97. The van der Waals surface area contributed by atoms with Crippen molar-refractivity contribution < 1.29 is 0 Å². The smallest absolute Gasteiger partial charge is 0.0152 e. The molecule has 0 saturated heterocycles. The predicted molar refractivity (Wildman–Crippen MR) is 65.8 cm³/mol. The van der Waals surface area contributed by atoms with Gasteiger partial charge in [-0.2, -0.15) is 0 Å². The SMILES string of the molecule is [CH2]c1c(C)ccc(-c2ccccc2)c1C. The maximum atomic E-state index is 4.11. The van der Waals surface area contributed by atoms with Gasteiger partial charge in [-0.25, -0.2) is 0 Å². The van der Waals surface area contributed by atoms with Gasteiger partial charge in [0.25, 0.3) is 0 Å². The highest BCUT2D eigenvalue weighted by Crippen LogP contribution is 2.26. The molecule has 0 saturated carbocycles. The minimum Gasteiger partial charge on any atom is -0.0622 e. The van der Waals surface area contributed by atoms with Crippen LogP contribution in [0.4, 0.5) is 0 Å². The predicted octanol–water partition coefficient (Wildman–Crippen LogP) is 4.15. The minimum atomic E-state index is 1.15. The van der Waals surface area contributed by atoms with E-state index in [1.165, 1.54) is 22.3 Å². The number of hydrogen-bond donors (Lipinski definition) is 0. The molecule has 75 valence electrons. The monoisotopic (exact) mass is 195 g/mol. The summed E-state index contributed by atoms with van der Waals surface area (Å²) in [6, 6.07) is 14.8. The van der Waals surface area contributed by atoms with Crippen molar-refractivity contribution in [3.63, 3.8) is 0 Å². The third-order valence-corrected chi connectivity index (χ3v) is 2.92. The Morgan fingerprint density at radius 2 is 1.53 bits per heavy atom. The Bertz CT molecular complexity index is 467. The van der Waals surface area contributed by atoms with E-state index in [2.05, 4.69) is 57.2 Å². The number of benzene rings is 2. The largest absolute Gasteiger partial charge is 0.0622 e. The summed E-state index contributed by atoms with van der Waals surface area (Å²) in [5, 5.41) is 0. The second-order valence-electron chi connectivity index (χ2n) is 3.90. The Morgan fingerprint density at radius 3 is 2.20 bits per heavy atom. The zero-order chi connectivity index (χ0) is 10.8. The van der Waals surface area contributed by atoms with Gasteiger partial charge in [-0.1, -0.05) is 42.5 Å². The lowest BCUT2D eigenvalue weighted by atomic mass is 9.94. The Balaban J connectivity index is 2.60. The van der Waals surface area contributed by atoms with Gasteiger partial charge < -0.3 is 0 Å². The summed E-state index contributed by atoms with van der Waals surface area (Å²) in [7, 11) is 0. The van der Waals surface area contributed by atoms with Crippen molar-refractivity contribution in [1.82, 2.24) is 0 Å². The summed E-state index contributed by atoms with van der Waals surface area (Å²) in [5.74, 6) is 0. The van der Waals surface area contributed by atoms with E-state index in [-0.39, 0.29) is 0 Å². The molecule has 0 bridgehead atoms. The fourth-order valence-electron chi connectivity index (χ4n) is 1.82. The third kappa shape index (κ3) is 1.80. The first-order valence-electron chi connectivity index (χ1n) is 5.17. The summed E-state index contributed by atoms with van der Waals surface area (Å²) in [5.41, 5.74) is 6.23. The summed E-state index contributed by atoms with van der Waals surface area (Å²) < 4.78 is 0. The molecule has 0 aliphatic rings. The van der Waals surface area contributed by atoms with E-state index in [1.807, 2.05) is 6.07 Å². The quantitative estimate of drug-likeness (QED) is 0.641. The van der Waals surface area contributed by atoms with Crippen LogP contribution in [-0.2, 0) is 0 Å². The third-order valence-electron chi connectivity index (χ3n) is 2.92. The molecule has 0 aromatic heterocycles. The number of hydrogen-bond acceptors (Lipinski definition) is 0. The molecule has 0 spiro atoms. The van der Waals surface area contributed by atoms with Gasteiger partial charge in [0.2, 0.25) is 0 Å². The normalized spacial score (nSPS) is 10.3. The van der Waals surface area contributed by atoms with Gasteiger partial charge in [0.15, 0.2) is 0 Å². The number of aryl methyl sites for hydroxylation is 1. The van der Waals surface area contributed by atoms with E-state index in [1.54, 1.807) is 0 Å². The highest BCUT2D eigenvalue weighted by Gasteiger charge is 2.04. The second-order valence-corrected chi connectivity index (χ2v) is 3.90. The van der Waals surface area contributed by atoms with E-state index < -0.39 is 0 Å². The zero-order valence-electron chi connectivity index (χ0n) is 9.25. The van der Waals surface area contributed by atoms with Crippen LogP contribution in [-0.4, -0.2) is 0 Å². The maximum Gasteiger partial charge on any atom is -0.0152 e. The first-order chi connectivity index (χ1) is 7.20. The molecule has 0 heterocycles. The summed E-state index contributed by atoms with van der Waals surface area (Å²) in [6.45, 7) is 8.34. The number of rotatable bonds is 1. The molecule has 0 amide bonds. The molecule has 15 heavy (non-hydrogen) atoms. The van der Waals surface area contributed by atoms with Gasteiger partial charge in [0.1, 0.15) is 0 Å². The van der Waals surface area contributed by atoms with Crippen LogP contribution >= 0.6 is 0 Å². The molecule has 0 unspecified atom stereocenters. The summed E-state index contributed by atoms with van der Waals surface area (Å²) in [6.07, 6.45) is 0. The molecule has 2 rings (SSSR count). The molecule has 0 aliphatic carbocycles.